The van der Waals surface area contributed by atoms with Crippen molar-refractivity contribution in [2.75, 3.05) is 32.9 Å². The van der Waals surface area contributed by atoms with Crippen molar-refractivity contribution in [2.45, 2.75) is 38.9 Å². The highest BCUT2D eigenvalue weighted by atomic mass is 16.7. The predicted molar refractivity (Wildman–Crippen MR) is 91.0 cm³/mol. The Hall–Kier alpha value is -1.59. The van der Waals surface area contributed by atoms with E-state index < -0.39 is 0 Å². The van der Waals surface area contributed by atoms with Crippen LogP contribution in [-0.2, 0) is 14.3 Å². The molecule has 0 aromatic heterocycles. The molecule has 2 fully saturated rings. The van der Waals surface area contributed by atoms with Crippen molar-refractivity contribution in [2.24, 2.45) is 5.92 Å². The van der Waals surface area contributed by atoms with Crippen LogP contribution in [0.3, 0.4) is 0 Å². The fourth-order valence-corrected chi connectivity index (χ4v) is 3.29. The van der Waals surface area contributed by atoms with Crippen molar-refractivity contribution in [3.05, 3.63) is 29.8 Å². The number of hydrogen-bond donors (Lipinski definition) is 0. The Morgan fingerprint density at radius 3 is 2.62 bits per heavy atom. The molecule has 2 heterocycles. The second-order valence-corrected chi connectivity index (χ2v) is 6.86. The summed E-state index contributed by atoms with van der Waals surface area (Å²) < 4.78 is 16.8. The maximum atomic E-state index is 12.4. The average molecular weight is 333 g/mol. The Labute approximate surface area is 143 Å². The molecule has 2 aliphatic heterocycles. The Morgan fingerprint density at radius 1 is 1.25 bits per heavy atom. The van der Waals surface area contributed by atoms with E-state index in [9.17, 15) is 4.79 Å². The van der Waals surface area contributed by atoms with Crippen LogP contribution in [0.4, 0.5) is 0 Å². The van der Waals surface area contributed by atoms with E-state index in [1.54, 1.807) is 0 Å². The molecular formula is C19H27NO4. The van der Waals surface area contributed by atoms with Gasteiger partial charge in [0.25, 0.3) is 5.91 Å². The van der Waals surface area contributed by atoms with Crippen molar-refractivity contribution in [3.8, 4) is 5.75 Å². The van der Waals surface area contributed by atoms with E-state index >= 15 is 0 Å². The first-order valence-corrected chi connectivity index (χ1v) is 8.87. The lowest BCUT2D eigenvalue weighted by Crippen LogP contribution is -2.45. The maximum absolute atomic E-state index is 12.4. The lowest BCUT2D eigenvalue weighted by molar-refractivity contribution is -0.141. The van der Waals surface area contributed by atoms with Crippen LogP contribution < -0.4 is 4.74 Å². The third-order valence-corrected chi connectivity index (χ3v) is 4.75. The van der Waals surface area contributed by atoms with Crippen LogP contribution in [0.1, 0.15) is 38.2 Å². The Kier molecular flexibility index (Phi) is 5.74. The predicted octanol–water partition coefficient (Wildman–Crippen LogP) is 2.80. The van der Waals surface area contributed by atoms with Crippen LogP contribution in [0.2, 0.25) is 0 Å². The minimum Gasteiger partial charge on any atom is -0.484 e. The number of rotatable bonds is 5. The molecule has 1 unspecified atom stereocenters. The van der Waals surface area contributed by atoms with E-state index in [1.165, 1.54) is 5.56 Å². The number of nitrogens with zero attached hydrogens (tertiary/aromatic N) is 1. The number of piperidine rings is 1. The lowest BCUT2D eigenvalue weighted by Gasteiger charge is -2.34. The van der Waals surface area contributed by atoms with Crippen LogP contribution in [0.15, 0.2) is 24.3 Å². The van der Waals surface area contributed by atoms with E-state index in [4.69, 9.17) is 14.2 Å². The van der Waals surface area contributed by atoms with E-state index in [0.717, 1.165) is 25.1 Å². The summed E-state index contributed by atoms with van der Waals surface area (Å²) in [4.78, 5) is 14.3. The smallest absolute Gasteiger partial charge is 0.260 e. The first kappa shape index (κ1) is 17.2. The molecule has 1 aromatic carbocycles. The molecule has 0 aliphatic carbocycles. The van der Waals surface area contributed by atoms with Crippen LogP contribution >= 0.6 is 0 Å². The molecular weight excluding hydrogens is 306 g/mol. The minimum atomic E-state index is -0.148. The Morgan fingerprint density at radius 2 is 1.96 bits per heavy atom. The normalized spacial score (nSPS) is 22.1. The SMILES string of the molecule is CC(C)c1ccc(OCC(=O)N2CCCC(C3OCCO3)C2)cc1. The fourth-order valence-electron chi connectivity index (χ4n) is 3.29. The first-order chi connectivity index (χ1) is 11.6. The minimum absolute atomic E-state index is 0.0330. The van der Waals surface area contributed by atoms with Crippen molar-refractivity contribution in [1.29, 1.82) is 0 Å². The molecule has 0 saturated carbocycles. The second-order valence-electron chi connectivity index (χ2n) is 6.86. The van der Waals surface area contributed by atoms with Gasteiger partial charge in [-0.2, -0.15) is 0 Å². The van der Waals surface area contributed by atoms with Crippen LogP contribution in [0, 0.1) is 5.92 Å². The lowest BCUT2D eigenvalue weighted by atomic mass is 9.97. The van der Waals surface area contributed by atoms with Crippen LogP contribution in [-0.4, -0.2) is 50.0 Å². The van der Waals surface area contributed by atoms with Gasteiger partial charge in [-0.3, -0.25) is 4.79 Å². The molecule has 5 heteroatoms. The summed E-state index contributed by atoms with van der Waals surface area (Å²) >= 11 is 0. The summed E-state index contributed by atoms with van der Waals surface area (Å²) in [6.45, 7) is 7.19. The Balaban J connectivity index is 1.49. The van der Waals surface area contributed by atoms with Gasteiger partial charge in [-0.05, 0) is 36.5 Å². The van der Waals surface area contributed by atoms with Gasteiger partial charge < -0.3 is 19.1 Å². The van der Waals surface area contributed by atoms with Crippen LogP contribution in [0.5, 0.6) is 5.75 Å². The molecule has 1 atom stereocenters. The highest BCUT2D eigenvalue weighted by molar-refractivity contribution is 5.77. The zero-order valence-corrected chi connectivity index (χ0v) is 14.6. The molecule has 2 aliphatic rings. The number of likely N-dealkylation sites (tertiary alicyclic amines) is 1. The zero-order valence-electron chi connectivity index (χ0n) is 14.6. The van der Waals surface area contributed by atoms with E-state index in [1.807, 2.05) is 17.0 Å². The zero-order chi connectivity index (χ0) is 16.9. The standard InChI is InChI=1S/C19H27NO4/c1-14(2)15-5-7-17(8-6-15)24-13-18(21)20-9-3-4-16(12-20)19-22-10-11-23-19/h5-8,14,16,19H,3-4,9-13H2,1-2H3. The highest BCUT2D eigenvalue weighted by Crippen LogP contribution is 2.25. The molecule has 1 amide bonds. The monoisotopic (exact) mass is 333 g/mol. The summed E-state index contributed by atoms with van der Waals surface area (Å²) in [5.74, 6) is 1.54. The average Bonchev–Trinajstić information content (AvgIpc) is 3.15. The Bertz CT molecular complexity index is 537. The van der Waals surface area contributed by atoms with Gasteiger partial charge in [-0.25, -0.2) is 0 Å². The van der Waals surface area contributed by atoms with Gasteiger partial charge >= 0.3 is 0 Å². The van der Waals surface area contributed by atoms with Gasteiger partial charge in [-0.15, -0.1) is 0 Å². The number of hydrogen-bond acceptors (Lipinski definition) is 4. The molecule has 0 spiro atoms. The van der Waals surface area contributed by atoms with E-state index in [-0.39, 0.29) is 24.7 Å². The van der Waals surface area contributed by atoms with Crippen molar-refractivity contribution < 1.29 is 19.0 Å². The first-order valence-electron chi connectivity index (χ1n) is 8.87. The molecule has 5 nitrogen and oxygen atoms in total. The van der Waals surface area contributed by atoms with Crippen molar-refractivity contribution in [3.63, 3.8) is 0 Å². The third kappa shape index (κ3) is 4.28. The molecule has 24 heavy (non-hydrogen) atoms. The summed E-state index contributed by atoms with van der Waals surface area (Å²) in [6, 6.07) is 7.97. The maximum Gasteiger partial charge on any atom is 0.260 e. The quantitative estimate of drug-likeness (QED) is 0.831. The van der Waals surface area contributed by atoms with Gasteiger partial charge in [-0.1, -0.05) is 26.0 Å². The van der Waals surface area contributed by atoms with Crippen molar-refractivity contribution >= 4 is 5.91 Å². The van der Waals surface area contributed by atoms with Crippen molar-refractivity contribution in [1.82, 2.24) is 4.90 Å². The van der Waals surface area contributed by atoms with E-state index in [2.05, 4.69) is 26.0 Å². The molecule has 2 saturated heterocycles. The van der Waals surface area contributed by atoms with Crippen LogP contribution in [0.25, 0.3) is 0 Å². The van der Waals surface area contributed by atoms with Gasteiger partial charge in [0, 0.05) is 19.0 Å². The molecule has 1 aromatic rings. The number of amides is 1. The topological polar surface area (TPSA) is 48.0 Å². The summed E-state index contributed by atoms with van der Waals surface area (Å²) in [7, 11) is 0. The molecule has 3 rings (SSSR count). The number of ether oxygens (including phenoxy) is 3. The number of carbonyl (C=O) groups excluding carboxylic acids is 1. The van der Waals surface area contributed by atoms with Gasteiger partial charge in [0.15, 0.2) is 12.9 Å². The largest absolute Gasteiger partial charge is 0.484 e. The number of carbonyl (C=O) groups is 1. The third-order valence-electron chi connectivity index (χ3n) is 4.75. The summed E-state index contributed by atoms with van der Waals surface area (Å²) in [5, 5.41) is 0. The molecule has 132 valence electrons. The van der Waals surface area contributed by atoms with Gasteiger partial charge in [0.05, 0.1) is 13.2 Å². The van der Waals surface area contributed by atoms with E-state index in [0.29, 0.717) is 25.7 Å². The molecule has 0 radical (unpaired) electrons. The molecule has 0 bridgehead atoms. The highest BCUT2D eigenvalue weighted by Gasteiger charge is 2.32. The number of benzene rings is 1. The summed E-state index contributed by atoms with van der Waals surface area (Å²) in [6.07, 6.45) is 1.89. The fraction of sp³-hybridized carbons (Fsp3) is 0.632. The van der Waals surface area contributed by atoms with Gasteiger partial charge in [0.2, 0.25) is 0 Å². The second kappa shape index (κ2) is 7.99. The summed E-state index contributed by atoms with van der Waals surface area (Å²) in [5.41, 5.74) is 1.27. The van der Waals surface area contributed by atoms with Gasteiger partial charge in [0.1, 0.15) is 5.75 Å². The molecule has 0 N–H and O–H groups in total.